The standard InChI is InChI=1S/C22H25ClN4OS/c1-14-13-17(23)26-22-18(14)19(24)20(29-22)21(28)25-10-9-15-5-7-16(8-6-15)27-11-3-2-4-12-27/h5-8,13H,2-4,9-12,24H2,1H3,(H,25,28). The molecule has 152 valence electrons. The number of aryl methyl sites for hydroxylation is 1. The first-order valence-electron chi connectivity index (χ1n) is 10.00. The van der Waals surface area contributed by atoms with Gasteiger partial charge in [0.1, 0.15) is 14.9 Å². The largest absolute Gasteiger partial charge is 0.397 e. The summed E-state index contributed by atoms with van der Waals surface area (Å²) in [6, 6.07) is 10.4. The lowest BCUT2D eigenvalue weighted by Gasteiger charge is -2.28. The number of carbonyl (C=O) groups is 1. The van der Waals surface area contributed by atoms with Crippen LogP contribution in [0.5, 0.6) is 0 Å². The fourth-order valence-electron chi connectivity index (χ4n) is 3.87. The van der Waals surface area contributed by atoms with Gasteiger partial charge in [-0.15, -0.1) is 11.3 Å². The van der Waals surface area contributed by atoms with Crippen molar-refractivity contribution in [2.24, 2.45) is 0 Å². The first-order chi connectivity index (χ1) is 14.0. The van der Waals surface area contributed by atoms with Crippen LogP contribution in [-0.2, 0) is 6.42 Å². The van der Waals surface area contributed by atoms with E-state index in [4.69, 9.17) is 17.3 Å². The van der Waals surface area contributed by atoms with Crippen molar-refractivity contribution < 1.29 is 4.79 Å². The number of aromatic nitrogens is 1. The van der Waals surface area contributed by atoms with Crippen molar-refractivity contribution in [1.29, 1.82) is 0 Å². The molecule has 1 fully saturated rings. The average Bonchev–Trinajstić information content (AvgIpc) is 3.05. The molecule has 0 atom stereocenters. The van der Waals surface area contributed by atoms with Crippen LogP contribution in [0.25, 0.3) is 10.2 Å². The van der Waals surface area contributed by atoms with Gasteiger partial charge in [-0.2, -0.15) is 0 Å². The fraction of sp³-hybridized carbons (Fsp3) is 0.364. The Morgan fingerprint density at radius 1 is 1.24 bits per heavy atom. The van der Waals surface area contributed by atoms with Crippen LogP contribution in [0.4, 0.5) is 11.4 Å². The minimum absolute atomic E-state index is 0.161. The van der Waals surface area contributed by atoms with Gasteiger partial charge in [0.15, 0.2) is 0 Å². The average molecular weight is 429 g/mol. The molecule has 5 nitrogen and oxygen atoms in total. The maximum Gasteiger partial charge on any atom is 0.263 e. The van der Waals surface area contributed by atoms with Gasteiger partial charge in [0.25, 0.3) is 5.91 Å². The van der Waals surface area contributed by atoms with Crippen LogP contribution in [0.1, 0.15) is 40.1 Å². The number of carbonyl (C=O) groups excluding carboxylic acids is 1. The molecule has 0 bridgehead atoms. The van der Waals surface area contributed by atoms with Crippen molar-refractivity contribution in [2.75, 3.05) is 30.3 Å². The van der Waals surface area contributed by atoms with Gasteiger partial charge in [-0.3, -0.25) is 4.79 Å². The molecule has 7 heteroatoms. The summed E-state index contributed by atoms with van der Waals surface area (Å²) in [5.41, 5.74) is 10.1. The molecule has 1 aromatic carbocycles. The van der Waals surface area contributed by atoms with E-state index in [1.807, 2.05) is 6.92 Å². The number of halogens is 1. The second-order valence-corrected chi connectivity index (χ2v) is 8.89. The molecule has 2 aromatic heterocycles. The third-order valence-corrected chi connectivity index (χ3v) is 6.72. The number of thiophene rings is 1. The maximum absolute atomic E-state index is 12.6. The van der Waals surface area contributed by atoms with E-state index < -0.39 is 0 Å². The summed E-state index contributed by atoms with van der Waals surface area (Å²) in [7, 11) is 0. The SMILES string of the molecule is Cc1cc(Cl)nc2sc(C(=O)NCCc3ccc(N4CCCCC4)cc3)c(N)c12. The maximum atomic E-state index is 12.6. The van der Waals surface area contributed by atoms with Gasteiger partial charge in [-0.05, 0) is 61.9 Å². The van der Waals surface area contributed by atoms with Crippen LogP contribution in [0, 0.1) is 6.92 Å². The van der Waals surface area contributed by atoms with Crippen molar-refractivity contribution in [3.63, 3.8) is 0 Å². The molecule has 0 unspecified atom stereocenters. The number of fused-ring (bicyclic) bond motifs is 1. The van der Waals surface area contributed by atoms with Crippen LogP contribution in [0.3, 0.4) is 0 Å². The molecule has 1 amide bonds. The van der Waals surface area contributed by atoms with Gasteiger partial charge in [0.05, 0.1) is 5.69 Å². The molecule has 3 heterocycles. The highest BCUT2D eigenvalue weighted by atomic mass is 35.5. The molecular formula is C22H25ClN4OS. The summed E-state index contributed by atoms with van der Waals surface area (Å²) in [4.78, 5) is 20.6. The molecule has 29 heavy (non-hydrogen) atoms. The van der Waals surface area contributed by atoms with E-state index in [2.05, 4.69) is 39.5 Å². The molecule has 0 aliphatic carbocycles. The number of hydrogen-bond donors (Lipinski definition) is 2. The van der Waals surface area contributed by atoms with E-state index in [0.29, 0.717) is 27.1 Å². The Balaban J connectivity index is 1.37. The quantitative estimate of drug-likeness (QED) is 0.572. The van der Waals surface area contributed by atoms with Crippen LogP contribution in [0.2, 0.25) is 5.15 Å². The second kappa shape index (κ2) is 8.59. The topological polar surface area (TPSA) is 71.2 Å². The summed E-state index contributed by atoms with van der Waals surface area (Å²) < 4.78 is 0. The number of amides is 1. The molecule has 3 aromatic rings. The zero-order valence-corrected chi connectivity index (χ0v) is 18.1. The number of nitrogens with zero attached hydrogens (tertiary/aromatic N) is 2. The number of nitrogens with two attached hydrogens (primary N) is 1. The van der Waals surface area contributed by atoms with Crippen molar-refractivity contribution in [1.82, 2.24) is 10.3 Å². The van der Waals surface area contributed by atoms with Crippen LogP contribution in [-0.4, -0.2) is 30.5 Å². The Bertz CT molecular complexity index is 1030. The van der Waals surface area contributed by atoms with Gasteiger partial charge < -0.3 is 16.0 Å². The monoisotopic (exact) mass is 428 g/mol. The van der Waals surface area contributed by atoms with Gasteiger partial charge in [-0.25, -0.2) is 4.98 Å². The zero-order valence-electron chi connectivity index (χ0n) is 16.5. The molecule has 4 rings (SSSR count). The number of anilines is 2. The minimum atomic E-state index is -0.161. The normalized spacial score (nSPS) is 14.3. The number of nitrogens with one attached hydrogen (secondary N) is 1. The summed E-state index contributed by atoms with van der Waals surface area (Å²) >= 11 is 7.31. The van der Waals surface area contributed by atoms with Crippen molar-refractivity contribution in [3.8, 4) is 0 Å². The van der Waals surface area contributed by atoms with E-state index in [1.165, 1.54) is 41.9 Å². The molecule has 0 radical (unpaired) electrons. The first-order valence-corrected chi connectivity index (χ1v) is 11.2. The van der Waals surface area contributed by atoms with Crippen LogP contribution in [0.15, 0.2) is 30.3 Å². The third kappa shape index (κ3) is 4.33. The lowest BCUT2D eigenvalue weighted by atomic mass is 10.1. The lowest BCUT2D eigenvalue weighted by molar-refractivity contribution is 0.0959. The van der Waals surface area contributed by atoms with Crippen LogP contribution >= 0.6 is 22.9 Å². The zero-order chi connectivity index (χ0) is 20.4. The van der Waals surface area contributed by atoms with Crippen molar-refractivity contribution in [3.05, 3.63) is 51.5 Å². The highest BCUT2D eigenvalue weighted by molar-refractivity contribution is 7.21. The first kappa shape index (κ1) is 20.0. The number of benzene rings is 1. The van der Waals surface area contributed by atoms with E-state index in [-0.39, 0.29) is 5.91 Å². The summed E-state index contributed by atoms with van der Waals surface area (Å²) in [6.45, 7) is 4.77. The molecule has 0 saturated carbocycles. The molecule has 1 saturated heterocycles. The summed E-state index contributed by atoms with van der Waals surface area (Å²) in [6.07, 6.45) is 4.66. The van der Waals surface area contributed by atoms with E-state index in [9.17, 15) is 4.79 Å². The highest BCUT2D eigenvalue weighted by Crippen LogP contribution is 2.35. The molecular weight excluding hydrogens is 404 g/mol. The number of rotatable bonds is 5. The Morgan fingerprint density at radius 3 is 2.69 bits per heavy atom. The smallest absolute Gasteiger partial charge is 0.263 e. The predicted octanol–water partition coefficient (Wildman–Crippen LogP) is 4.80. The number of pyridine rings is 1. The second-order valence-electron chi connectivity index (χ2n) is 7.51. The van der Waals surface area contributed by atoms with Gasteiger partial charge in [-0.1, -0.05) is 23.7 Å². The van der Waals surface area contributed by atoms with E-state index in [1.54, 1.807) is 6.07 Å². The molecule has 0 spiro atoms. The van der Waals surface area contributed by atoms with Crippen LogP contribution < -0.4 is 16.0 Å². The lowest BCUT2D eigenvalue weighted by Crippen LogP contribution is -2.29. The van der Waals surface area contributed by atoms with E-state index >= 15 is 0 Å². The fourth-order valence-corrected chi connectivity index (χ4v) is 5.25. The Morgan fingerprint density at radius 2 is 1.97 bits per heavy atom. The number of hydrogen-bond acceptors (Lipinski definition) is 5. The van der Waals surface area contributed by atoms with Crippen molar-refractivity contribution in [2.45, 2.75) is 32.6 Å². The Labute approximate surface area is 179 Å². The van der Waals surface area contributed by atoms with Gasteiger partial charge >= 0.3 is 0 Å². The van der Waals surface area contributed by atoms with Gasteiger partial charge in [0, 0.05) is 30.7 Å². The number of piperidine rings is 1. The van der Waals surface area contributed by atoms with Crippen molar-refractivity contribution >= 4 is 50.4 Å². The van der Waals surface area contributed by atoms with E-state index in [0.717, 1.165) is 30.5 Å². The Hall–Kier alpha value is -2.31. The highest BCUT2D eigenvalue weighted by Gasteiger charge is 2.19. The summed E-state index contributed by atoms with van der Waals surface area (Å²) in [5, 5.41) is 4.21. The third-order valence-electron chi connectivity index (χ3n) is 5.43. The summed E-state index contributed by atoms with van der Waals surface area (Å²) in [5.74, 6) is -0.161. The predicted molar refractivity (Wildman–Crippen MR) is 122 cm³/mol. The van der Waals surface area contributed by atoms with Gasteiger partial charge in [0.2, 0.25) is 0 Å². The minimum Gasteiger partial charge on any atom is -0.397 e. The molecule has 1 aliphatic rings. The Kier molecular flexibility index (Phi) is 5.92. The molecule has 3 N–H and O–H groups in total. The number of nitrogen functional groups attached to an aromatic ring is 1. The molecule has 1 aliphatic heterocycles.